The summed E-state index contributed by atoms with van der Waals surface area (Å²) in [4.78, 5) is 30.6. The molecule has 0 saturated heterocycles. The van der Waals surface area contributed by atoms with Crippen LogP contribution >= 0.6 is 0 Å². The second kappa shape index (κ2) is 14.9. The summed E-state index contributed by atoms with van der Waals surface area (Å²) < 4.78 is 73.7. The van der Waals surface area contributed by atoms with Crippen LogP contribution in [0.5, 0.6) is 11.8 Å². The zero-order chi connectivity index (χ0) is 42.4. The van der Waals surface area contributed by atoms with Crippen LogP contribution in [0, 0.1) is 0 Å². The molecule has 2 aromatic carbocycles. The fourth-order valence-electron chi connectivity index (χ4n) is 10.3. The summed E-state index contributed by atoms with van der Waals surface area (Å²) in [7, 11) is -2.82. The highest BCUT2D eigenvalue weighted by atomic mass is 32.2. The molecule has 0 bridgehead atoms. The molecule has 10 rings (SSSR count). The van der Waals surface area contributed by atoms with Gasteiger partial charge in [0.25, 0.3) is 20.0 Å². The monoisotopic (exact) mass is 874 g/mol. The van der Waals surface area contributed by atoms with Crippen molar-refractivity contribution in [3.05, 3.63) is 63.0 Å². The molecule has 0 fully saturated rings. The van der Waals surface area contributed by atoms with Crippen LogP contribution in [0.3, 0.4) is 0 Å². The molecule has 324 valence electrons. The maximum Gasteiger partial charge on any atom is 0.333 e. The summed E-state index contributed by atoms with van der Waals surface area (Å²) in [5.41, 5.74) is 11.3. The zero-order valence-corrected chi connectivity index (χ0v) is 36.1. The number of benzene rings is 2. The van der Waals surface area contributed by atoms with Crippen molar-refractivity contribution in [2.45, 2.75) is 112 Å². The van der Waals surface area contributed by atoms with Gasteiger partial charge in [0, 0.05) is 24.1 Å². The molecular weight excluding hydrogens is 825 g/mol. The molecular formula is C41H50N10O8S2. The molecule has 6 aliphatic rings. The lowest BCUT2D eigenvalue weighted by molar-refractivity contribution is 0.117. The van der Waals surface area contributed by atoms with Gasteiger partial charge in [-0.2, -0.15) is 10.2 Å². The standard InChI is InChI=1S/C41H50N10O8S2/c1-48(2)25-19-50-38(58-21-25)33(17-42-50)60(54,55)47-41(53)45-36-29-12-6-14-31(29)37(32-15-7-13-30(32)36)49(3)26-20-51-39(59-22-26)34(18-43-51)61(56,57)46-40(52)44-35-27-10-4-8-23(27)16-24-9-5-11-28(24)35/h16-18,25-26H,4-15,19-22H2,1-3H3,(H2,44,46,52)(H2,45,47,53)/t25-,26+/m0/s1. The van der Waals surface area contributed by atoms with Crippen LogP contribution in [-0.4, -0.2) is 99.8 Å². The summed E-state index contributed by atoms with van der Waals surface area (Å²) in [5, 5.41) is 14.5. The number of rotatable bonds is 9. The Balaban J connectivity index is 0.847. The van der Waals surface area contributed by atoms with Crippen LogP contribution in [0.15, 0.2) is 28.3 Å². The highest BCUT2D eigenvalue weighted by Crippen LogP contribution is 2.47. The van der Waals surface area contributed by atoms with Crippen LogP contribution in [-0.2, 0) is 84.5 Å². The molecule has 4 N–H and O–H groups in total. The lowest BCUT2D eigenvalue weighted by Gasteiger charge is -2.36. The first kappa shape index (κ1) is 39.8. The number of sulfonamides is 2. The predicted octanol–water partition coefficient (Wildman–Crippen LogP) is 3.28. The van der Waals surface area contributed by atoms with Gasteiger partial charge in [0.15, 0.2) is 9.79 Å². The molecule has 0 radical (unpaired) electrons. The number of urea groups is 2. The van der Waals surface area contributed by atoms with E-state index in [4.69, 9.17) is 9.47 Å². The molecule has 20 heteroatoms. The van der Waals surface area contributed by atoms with E-state index in [-0.39, 0.29) is 40.2 Å². The largest absolute Gasteiger partial charge is 0.475 e. The van der Waals surface area contributed by atoms with Gasteiger partial charge in [0.2, 0.25) is 11.8 Å². The van der Waals surface area contributed by atoms with E-state index in [1.807, 2.05) is 26.0 Å². The second-order valence-corrected chi connectivity index (χ2v) is 20.5. The van der Waals surface area contributed by atoms with E-state index >= 15 is 0 Å². The number of likely N-dealkylation sites (N-methyl/N-ethyl adjacent to an activating group) is 2. The molecule has 0 saturated carbocycles. The maximum absolute atomic E-state index is 13.7. The van der Waals surface area contributed by atoms with Crippen molar-refractivity contribution in [3.63, 3.8) is 0 Å². The van der Waals surface area contributed by atoms with Crippen LogP contribution in [0.1, 0.15) is 70.2 Å². The number of fused-ring (bicyclic) bond motifs is 6. The molecule has 0 spiro atoms. The first-order chi connectivity index (χ1) is 29.3. The summed E-state index contributed by atoms with van der Waals surface area (Å²) in [6.07, 6.45) is 12.8. The van der Waals surface area contributed by atoms with Crippen molar-refractivity contribution >= 4 is 49.2 Å². The Kier molecular flexibility index (Phi) is 9.74. The fourth-order valence-corrected chi connectivity index (χ4v) is 12.3. The normalized spacial score (nSPS) is 19.8. The van der Waals surface area contributed by atoms with Gasteiger partial charge < -0.3 is 29.9 Å². The number of nitrogens with one attached hydrogen (secondary N) is 4. The Morgan fingerprint density at radius 3 is 1.56 bits per heavy atom. The Morgan fingerprint density at radius 2 is 1.05 bits per heavy atom. The minimum Gasteiger partial charge on any atom is -0.475 e. The van der Waals surface area contributed by atoms with Crippen LogP contribution in [0.4, 0.5) is 26.7 Å². The van der Waals surface area contributed by atoms with Gasteiger partial charge >= 0.3 is 12.1 Å². The first-order valence-corrected chi connectivity index (χ1v) is 24.0. The highest BCUT2D eigenvalue weighted by Gasteiger charge is 2.38. The average Bonchev–Trinajstić information content (AvgIpc) is 4.07. The van der Waals surface area contributed by atoms with Gasteiger partial charge in [0.05, 0.1) is 37.6 Å². The minimum atomic E-state index is -4.33. The van der Waals surface area contributed by atoms with E-state index < -0.39 is 32.1 Å². The van der Waals surface area contributed by atoms with Crippen molar-refractivity contribution in [1.82, 2.24) is 33.9 Å². The number of carbonyl (C=O) groups is 2. The van der Waals surface area contributed by atoms with Crippen molar-refractivity contribution in [3.8, 4) is 11.8 Å². The van der Waals surface area contributed by atoms with Gasteiger partial charge in [-0.3, -0.25) is 0 Å². The average molecular weight is 875 g/mol. The zero-order valence-electron chi connectivity index (χ0n) is 34.5. The first-order valence-electron chi connectivity index (χ1n) is 21.1. The molecule has 4 aliphatic carbocycles. The van der Waals surface area contributed by atoms with E-state index in [0.29, 0.717) is 38.2 Å². The van der Waals surface area contributed by atoms with Crippen LogP contribution < -0.4 is 34.5 Å². The number of aromatic nitrogens is 4. The highest BCUT2D eigenvalue weighted by molar-refractivity contribution is 7.90. The number of nitrogens with zero attached hydrogens (tertiary/aromatic N) is 6. The minimum absolute atomic E-state index is 0.0283. The molecule has 2 atom stereocenters. The number of hydrogen-bond acceptors (Lipinski definition) is 12. The number of aryl methyl sites for hydroxylation is 2. The quantitative estimate of drug-likeness (QED) is 0.179. The molecule has 4 aromatic rings. The third-order valence-electron chi connectivity index (χ3n) is 13.3. The molecule has 0 unspecified atom stereocenters. The SMILES string of the molecule is CN(C)[C@@H]1COc2c(S(=O)(=O)NC(=O)Nc3c4c(c(N(C)[C@H]5COc6c(S(=O)(=O)NC(=O)Nc7c8c(cc9c7CCC9)CCC8)cnn6C5)c5c3CCC5)CCC4)cnn2C1. The summed E-state index contributed by atoms with van der Waals surface area (Å²) in [5.74, 6) is 0.176. The number of carbonyl (C=O) groups excluding carboxylic acids is 2. The number of anilines is 3. The predicted molar refractivity (Wildman–Crippen MR) is 225 cm³/mol. The summed E-state index contributed by atoms with van der Waals surface area (Å²) in [6, 6.07) is 0.388. The van der Waals surface area contributed by atoms with E-state index in [2.05, 4.69) is 41.2 Å². The van der Waals surface area contributed by atoms with Gasteiger partial charge in [-0.1, -0.05) is 6.07 Å². The van der Waals surface area contributed by atoms with E-state index in [1.165, 1.54) is 32.9 Å². The third-order valence-corrected chi connectivity index (χ3v) is 16.0. The van der Waals surface area contributed by atoms with Crippen molar-refractivity contribution in [2.24, 2.45) is 0 Å². The lowest BCUT2D eigenvalue weighted by atomic mass is 9.94. The Hall–Kier alpha value is -5.34. The van der Waals surface area contributed by atoms with Crippen molar-refractivity contribution < 1.29 is 35.9 Å². The summed E-state index contributed by atoms with van der Waals surface area (Å²) >= 11 is 0. The molecule has 61 heavy (non-hydrogen) atoms. The van der Waals surface area contributed by atoms with Crippen LogP contribution in [0.25, 0.3) is 0 Å². The number of ether oxygens (including phenoxy) is 2. The topological polar surface area (TPSA) is 211 Å². The Labute approximate surface area is 354 Å². The van der Waals surface area contributed by atoms with Gasteiger partial charge in [-0.25, -0.2) is 45.2 Å². The molecule has 4 heterocycles. The maximum atomic E-state index is 13.7. The van der Waals surface area contributed by atoms with E-state index in [1.54, 1.807) is 0 Å². The molecule has 4 amide bonds. The van der Waals surface area contributed by atoms with E-state index in [0.717, 1.165) is 109 Å². The van der Waals surface area contributed by atoms with Crippen LogP contribution in [0.2, 0.25) is 0 Å². The molecule has 2 aliphatic heterocycles. The fraction of sp³-hybridized carbons (Fsp3) is 0.512. The number of amides is 4. The third kappa shape index (κ3) is 6.86. The van der Waals surface area contributed by atoms with Gasteiger partial charge in [0.1, 0.15) is 13.2 Å². The summed E-state index contributed by atoms with van der Waals surface area (Å²) in [6.45, 7) is 1.25. The number of hydrogen-bond donors (Lipinski definition) is 4. The smallest absolute Gasteiger partial charge is 0.333 e. The molecule has 2 aromatic heterocycles. The van der Waals surface area contributed by atoms with Gasteiger partial charge in [-0.05, 0) is 136 Å². The Bertz CT molecular complexity index is 2660. The Morgan fingerprint density at radius 1 is 0.623 bits per heavy atom. The second-order valence-electron chi connectivity index (χ2n) is 17.2. The van der Waals surface area contributed by atoms with E-state index in [9.17, 15) is 26.4 Å². The molecule has 18 nitrogen and oxygen atoms in total. The lowest BCUT2D eigenvalue weighted by Crippen LogP contribution is -2.44. The van der Waals surface area contributed by atoms with Crippen molar-refractivity contribution in [2.75, 3.05) is 49.9 Å². The van der Waals surface area contributed by atoms with Crippen molar-refractivity contribution in [1.29, 1.82) is 0 Å². The van der Waals surface area contributed by atoms with Gasteiger partial charge in [-0.15, -0.1) is 0 Å².